The molecule has 0 aromatic heterocycles. The molecule has 0 fully saturated rings. The predicted octanol–water partition coefficient (Wildman–Crippen LogP) is 0.217. The minimum Gasteiger partial charge on any atom is -0.477 e. The van der Waals surface area contributed by atoms with Crippen molar-refractivity contribution < 1.29 is 20.1 Å². The molecule has 4 nitrogen and oxygen atoms in total. The van der Waals surface area contributed by atoms with Gasteiger partial charge in [0.15, 0.2) is 0 Å². The van der Waals surface area contributed by atoms with Crippen LogP contribution in [0.2, 0.25) is 0 Å². The van der Waals surface area contributed by atoms with Crippen LogP contribution in [0.4, 0.5) is 0 Å². The summed E-state index contributed by atoms with van der Waals surface area (Å²) < 4.78 is 0. The molecule has 0 saturated heterocycles. The molecule has 4 heteroatoms. The summed E-state index contributed by atoms with van der Waals surface area (Å²) in [6.07, 6.45) is 0. The highest BCUT2D eigenvalue weighted by molar-refractivity contribution is 5.76. The van der Waals surface area contributed by atoms with Crippen LogP contribution in [-0.4, -0.2) is 21.3 Å². The first kappa shape index (κ1) is 9.70. The van der Waals surface area contributed by atoms with Gasteiger partial charge in [-0.15, -0.1) is 0 Å². The maximum Gasteiger partial charge on any atom is 0.369 e. The second-order valence-electron chi connectivity index (χ2n) is 2.84. The third kappa shape index (κ3) is 1.85. The van der Waals surface area contributed by atoms with Crippen LogP contribution in [0.15, 0.2) is 24.3 Å². The Balaban J connectivity index is 3.08. The molecule has 0 aliphatic heterocycles. The first-order valence-corrected chi connectivity index (χ1v) is 3.70. The van der Waals surface area contributed by atoms with Crippen LogP contribution in [0.1, 0.15) is 11.1 Å². The van der Waals surface area contributed by atoms with Crippen molar-refractivity contribution in [2.45, 2.75) is 12.7 Å². The van der Waals surface area contributed by atoms with Gasteiger partial charge in [-0.3, -0.25) is 0 Å². The molecule has 0 radical (unpaired) electrons. The van der Waals surface area contributed by atoms with Crippen LogP contribution < -0.4 is 0 Å². The van der Waals surface area contributed by atoms with E-state index in [4.69, 9.17) is 15.3 Å². The van der Waals surface area contributed by atoms with Gasteiger partial charge in [0.05, 0.1) is 0 Å². The number of aliphatic hydroxyl groups is 2. The number of carboxylic acid groups (broad SMARTS) is 1. The van der Waals surface area contributed by atoms with Crippen molar-refractivity contribution >= 4 is 5.97 Å². The van der Waals surface area contributed by atoms with Gasteiger partial charge < -0.3 is 15.3 Å². The number of aliphatic carboxylic acids is 1. The summed E-state index contributed by atoms with van der Waals surface area (Å²) >= 11 is 0. The van der Waals surface area contributed by atoms with E-state index in [1.54, 1.807) is 12.1 Å². The van der Waals surface area contributed by atoms with Crippen LogP contribution in [0.3, 0.4) is 0 Å². The smallest absolute Gasteiger partial charge is 0.369 e. The van der Waals surface area contributed by atoms with Crippen LogP contribution in [0.5, 0.6) is 0 Å². The Morgan fingerprint density at radius 3 is 2.08 bits per heavy atom. The SMILES string of the molecule is Cc1ccc(C(O)(O)C(=O)O)cc1. The van der Waals surface area contributed by atoms with Crippen LogP contribution in [0, 0.1) is 6.92 Å². The molecule has 0 saturated carbocycles. The Labute approximate surface area is 75.1 Å². The normalized spacial score (nSPS) is 11.3. The highest BCUT2D eigenvalue weighted by atomic mass is 16.5. The molecule has 0 aliphatic rings. The summed E-state index contributed by atoms with van der Waals surface area (Å²) in [6.45, 7) is 1.82. The quantitative estimate of drug-likeness (QED) is 0.571. The van der Waals surface area contributed by atoms with Crippen molar-refractivity contribution in [1.82, 2.24) is 0 Å². The van der Waals surface area contributed by atoms with Crippen molar-refractivity contribution in [3.63, 3.8) is 0 Å². The van der Waals surface area contributed by atoms with E-state index in [-0.39, 0.29) is 5.56 Å². The van der Waals surface area contributed by atoms with Crippen LogP contribution in [0.25, 0.3) is 0 Å². The largest absolute Gasteiger partial charge is 0.477 e. The zero-order valence-corrected chi connectivity index (χ0v) is 7.06. The van der Waals surface area contributed by atoms with E-state index in [2.05, 4.69) is 0 Å². The van der Waals surface area contributed by atoms with E-state index in [9.17, 15) is 4.79 Å². The average molecular weight is 182 g/mol. The summed E-state index contributed by atoms with van der Waals surface area (Å²) in [5.74, 6) is -4.48. The lowest BCUT2D eigenvalue weighted by Gasteiger charge is -2.16. The Bertz CT molecular complexity index is 313. The van der Waals surface area contributed by atoms with E-state index < -0.39 is 11.8 Å². The number of carboxylic acids is 1. The number of benzene rings is 1. The molecule has 0 spiro atoms. The highest BCUT2D eigenvalue weighted by Gasteiger charge is 2.35. The molecule has 0 amide bonds. The topological polar surface area (TPSA) is 77.8 Å². The maximum absolute atomic E-state index is 10.4. The third-order valence-corrected chi connectivity index (χ3v) is 1.75. The Kier molecular flexibility index (Phi) is 2.36. The van der Waals surface area contributed by atoms with Gasteiger partial charge in [-0.25, -0.2) is 4.79 Å². The van der Waals surface area contributed by atoms with E-state index >= 15 is 0 Å². The van der Waals surface area contributed by atoms with Crippen molar-refractivity contribution in [2.75, 3.05) is 0 Å². The zero-order chi connectivity index (χ0) is 10.1. The first-order chi connectivity index (χ1) is 5.94. The molecule has 0 heterocycles. The fraction of sp³-hybridized carbons (Fsp3) is 0.222. The summed E-state index contributed by atoms with van der Waals surface area (Å²) in [7, 11) is 0. The number of hydrogen-bond acceptors (Lipinski definition) is 3. The molecule has 0 bridgehead atoms. The van der Waals surface area contributed by atoms with Gasteiger partial charge in [0, 0.05) is 5.56 Å². The fourth-order valence-corrected chi connectivity index (χ4v) is 0.909. The maximum atomic E-state index is 10.4. The van der Waals surface area contributed by atoms with Gasteiger partial charge in [-0.2, -0.15) is 0 Å². The van der Waals surface area contributed by atoms with Crippen molar-refractivity contribution in [3.8, 4) is 0 Å². The van der Waals surface area contributed by atoms with E-state index in [1.807, 2.05) is 6.92 Å². The lowest BCUT2D eigenvalue weighted by atomic mass is 10.0. The molecular formula is C9H10O4. The molecule has 70 valence electrons. The van der Waals surface area contributed by atoms with E-state index in [0.29, 0.717) is 0 Å². The van der Waals surface area contributed by atoms with E-state index in [0.717, 1.165) is 5.56 Å². The lowest BCUT2D eigenvalue weighted by molar-refractivity contribution is -0.208. The molecule has 3 N–H and O–H groups in total. The fourth-order valence-electron chi connectivity index (χ4n) is 0.909. The number of carbonyl (C=O) groups is 1. The monoisotopic (exact) mass is 182 g/mol. The number of rotatable bonds is 2. The van der Waals surface area contributed by atoms with Crippen LogP contribution in [-0.2, 0) is 10.6 Å². The number of aryl methyl sites for hydroxylation is 1. The molecule has 0 atom stereocenters. The standard InChI is InChI=1S/C9H10O4/c1-6-2-4-7(5-3-6)9(12,13)8(10)11/h2-5,12-13H,1H3,(H,10,11). The highest BCUT2D eigenvalue weighted by Crippen LogP contribution is 2.18. The minimum absolute atomic E-state index is 0.0504. The number of hydrogen-bond donors (Lipinski definition) is 3. The first-order valence-electron chi connectivity index (χ1n) is 3.70. The second-order valence-corrected chi connectivity index (χ2v) is 2.84. The minimum atomic E-state index is -2.80. The van der Waals surface area contributed by atoms with E-state index in [1.165, 1.54) is 12.1 Å². The molecule has 1 aromatic carbocycles. The summed E-state index contributed by atoms with van der Waals surface area (Å²) in [4.78, 5) is 10.4. The van der Waals surface area contributed by atoms with Gasteiger partial charge >= 0.3 is 5.97 Å². The third-order valence-electron chi connectivity index (χ3n) is 1.75. The molecule has 0 aliphatic carbocycles. The van der Waals surface area contributed by atoms with Gasteiger partial charge in [0.1, 0.15) is 0 Å². The molecule has 13 heavy (non-hydrogen) atoms. The molecule has 0 unspecified atom stereocenters. The lowest BCUT2D eigenvalue weighted by Crippen LogP contribution is -2.34. The van der Waals surface area contributed by atoms with Crippen molar-refractivity contribution in [1.29, 1.82) is 0 Å². The van der Waals surface area contributed by atoms with Crippen LogP contribution >= 0.6 is 0 Å². The van der Waals surface area contributed by atoms with Gasteiger partial charge in [-0.05, 0) is 6.92 Å². The van der Waals surface area contributed by atoms with Gasteiger partial charge in [0.25, 0.3) is 5.79 Å². The predicted molar refractivity (Wildman–Crippen MR) is 44.9 cm³/mol. The van der Waals surface area contributed by atoms with Gasteiger partial charge in [0.2, 0.25) is 0 Å². The Morgan fingerprint density at radius 2 is 1.69 bits per heavy atom. The summed E-state index contributed by atoms with van der Waals surface area (Å²) in [5.41, 5.74) is 0.871. The van der Waals surface area contributed by atoms with Gasteiger partial charge in [-0.1, -0.05) is 29.8 Å². The van der Waals surface area contributed by atoms with Crippen molar-refractivity contribution in [2.24, 2.45) is 0 Å². The second kappa shape index (κ2) is 3.16. The van der Waals surface area contributed by atoms with Crippen molar-refractivity contribution in [3.05, 3.63) is 35.4 Å². The average Bonchev–Trinajstić information content (AvgIpc) is 2.04. The summed E-state index contributed by atoms with van der Waals surface area (Å²) in [6, 6.07) is 5.95. The molecular weight excluding hydrogens is 172 g/mol. The Hall–Kier alpha value is -1.39. The molecule has 1 rings (SSSR count). The molecule has 1 aromatic rings. The Morgan fingerprint density at radius 1 is 1.23 bits per heavy atom. The summed E-state index contributed by atoms with van der Waals surface area (Å²) in [5, 5.41) is 26.7. The zero-order valence-electron chi connectivity index (χ0n) is 7.06.